The average Bonchev–Trinajstić information content (AvgIpc) is 3.01. The third-order valence-corrected chi connectivity index (χ3v) is 3.68. The fraction of sp³-hybridized carbons (Fsp3) is 0.333. The zero-order valence-corrected chi connectivity index (χ0v) is 10.1. The van der Waals surface area contributed by atoms with E-state index in [0.29, 0.717) is 22.6 Å². The van der Waals surface area contributed by atoms with Crippen molar-refractivity contribution < 1.29 is 8.81 Å². The molecule has 0 saturated heterocycles. The van der Waals surface area contributed by atoms with E-state index in [0.717, 1.165) is 17.3 Å². The molecule has 2 N–H and O–H groups in total. The number of halogens is 2. The minimum atomic E-state index is -0.267. The number of benzene rings is 1. The van der Waals surface area contributed by atoms with Crippen LogP contribution in [0, 0.1) is 11.7 Å². The summed E-state index contributed by atoms with van der Waals surface area (Å²) in [5.74, 6) is 0.918. The molecule has 16 heavy (non-hydrogen) atoms. The van der Waals surface area contributed by atoms with Crippen LogP contribution in [0.3, 0.4) is 0 Å². The SMILES string of the molecule is NC(c1cc2c(F)ccc(Br)c2o1)C1CC1. The van der Waals surface area contributed by atoms with Crippen LogP contribution in [0.2, 0.25) is 0 Å². The Balaban J connectivity index is 2.14. The van der Waals surface area contributed by atoms with Crippen LogP contribution in [0.4, 0.5) is 4.39 Å². The first-order chi connectivity index (χ1) is 7.66. The Morgan fingerprint density at radius 3 is 2.81 bits per heavy atom. The molecule has 1 atom stereocenters. The minimum Gasteiger partial charge on any atom is -0.458 e. The molecule has 1 aromatic carbocycles. The molecule has 3 rings (SSSR count). The second-order valence-corrected chi connectivity index (χ2v) is 5.14. The summed E-state index contributed by atoms with van der Waals surface area (Å²) in [4.78, 5) is 0. The molecule has 1 heterocycles. The molecule has 1 fully saturated rings. The van der Waals surface area contributed by atoms with Crippen molar-refractivity contribution >= 4 is 26.9 Å². The Morgan fingerprint density at radius 2 is 2.19 bits per heavy atom. The van der Waals surface area contributed by atoms with Crippen molar-refractivity contribution in [2.75, 3.05) is 0 Å². The van der Waals surface area contributed by atoms with E-state index in [-0.39, 0.29) is 11.9 Å². The zero-order chi connectivity index (χ0) is 11.3. The third kappa shape index (κ3) is 1.57. The van der Waals surface area contributed by atoms with Gasteiger partial charge in [0.1, 0.15) is 11.6 Å². The maximum Gasteiger partial charge on any atom is 0.151 e. The van der Waals surface area contributed by atoms with Crippen LogP contribution in [0.1, 0.15) is 24.6 Å². The van der Waals surface area contributed by atoms with Gasteiger partial charge in [-0.2, -0.15) is 0 Å². The van der Waals surface area contributed by atoms with Gasteiger partial charge in [0.2, 0.25) is 0 Å². The average molecular weight is 284 g/mol. The summed E-state index contributed by atoms with van der Waals surface area (Å²) in [6.45, 7) is 0. The van der Waals surface area contributed by atoms with Crippen LogP contribution < -0.4 is 5.73 Å². The molecule has 1 unspecified atom stereocenters. The van der Waals surface area contributed by atoms with E-state index in [1.165, 1.54) is 6.07 Å². The molecule has 0 aliphatic heterocycles. The van der Waals surface area contributed by atoms with Crippen molar-refractivity contribution in [1.82, 2.24) is 0 Å². The van der Waals surface area contributed by atoms with Crippen molar-refractivity contribution in [1.29, 1.82) is 0 Å². The molecule has 2 aromatic rings. The minimum absolute atomic E-state index is 0.0984. The molecule has 1 aliphatic rings. The van der Waals surface area contributed by atoms with E-state index in [9.17, 15) is 4.39 Å². The van der Waals surface area contributed by atoms with Gasteiger partial charge in [-0.05, 0) is 52.9 Å². The lowest BCUT2D eigenvalue weighted by atomic mass is 10.1. The van der Waals surface area contributed by atoms with Crippen molar-refractivity contribution in [3.8, 4) is 0 Å². The smallest absolute Gasteiger partial charge is 0.151 e. The highest BCUT2D eigenvalue weighted by molar-refractivity contribution is 9.10. The Kier molecular flexibility index (Phi) is 2.30. The van der Waals surface area contributed by atoms with Crippen LogP contribution in [0.5, 0.6) is 0 Å². The van der Waals surface area contributed by atoms with Gasteiger partial charge < -0.3 is 10.2 Å². The molecule has 84 valence electrons. The quantitative estimate of drug-likeness (QED) is 0.912. The fourth-order valence-electron chi connectivity index (χ4n) is 1.93. The predicted octanol–water partition coefficient (Wildman–Crippen LogP) is 3.74. The van der Waals surface area contributed by atoms with E-state index in [1.807, 2.05) is 0 Å². The largest absolute Gasteiger partial charge is 0.458 e. The molecule has 1 saturated carbocycles. The van der Waals surface area contributed by atoms with Crippen molar-refractivity contribution in [3.05, 3.63) is 34.2 Å². The number of nitrogens with two attached hydrogens (primary N) is 1. The molecule has 1 aromatic heterocycles. The van der Waals surface area contributed by atoms with E-state index in [1.54, 1.807) is 12.1 Å². The van der Waals surface area contributed by atoms with Gasteiger partial charge in [0.25, 0.3) is 0 Å². The molecule has 4 heteroatoms. The van der Waals surface area contributed by atoms with Gasteiger partial charge in [-0.3, -0.25) is 0 Å². The molecule has 2 nitrogen and oxygen atoms in total. The predicted molar refractivity (Wildman–Crippen MR) is 63.5 cm³/mol. The molecule has 0 spiro atoms. The normalized spacial score (nSPS) is 17.9. The van der Waals surface area contributed by atoms with E-state index < -0.39 is 0 Å². The van der Waals surface area contributed by atoms with Crippen LogP contribution in [-0.2, 0) is 0 Å². The van der Waals surface area contributed by atoms with Gasteiger partial charge >= 0.3 is 0 Å². The van der Waals surface area contributed by atoms with Crippen molar-refractivity contribution in [2.45, 2.75) is 18.9 Å². The highest BCUT2D eigenvalue weighted by Gasteiger charge is 2.32. The summed E-state index contributed by atoms with van der Waals surface area (Å²) in [6.07, 6.45) is 2.28. The van der Waals surface area contributed by atoms with Crippen molar-refractivity contribution in [2.24, 2.45) is 11.7 Å². The lowest BCUT2D eigenvalue weighted by molar-refractivity contribution is 0.466. The summed E-state index contributed by atoms with van der Waals surface area (Å²) in [7, 11) is 0. The Hall–Kier alpha value is -0.870. The molecule has 0 bridgehead atoms. The number of fused-ring (bicyclic) bond motifs is 1. The Labute approximate surface area is 101 Å². The standard InChI is InChI=1S/C12H11BrFNO/c13-8-3-4-9(14)7-5-10(16-12(7)8)11(15)6-1-2-6/h3-6,11H,1-2,15H2. The van der Waals surface area contributed by atoms with Crippen LogP contribution in [-0.4, -0.2) is 0 Å². The summed E-state index contributed by atoms with van der Waals surface area (Å²) < 4.78 is 19.9. The first kappa shape index (κ1) is 10.3. The van der Waals surface area contributed by atoms with Crippen LogP contribution in [0.25, 0.3) is 11.0 Å². The maximum absolute atomic E-state index is 13.5. The van der Waals surface area contributed by atoms with Gasteiger partial charge in [0, 0.05) is 0 Å². The first-order valence-corrected chi connectivity index (χ1v) is 6.09. The first-order valence-electron chi connectivity index (χ1n) is 5.30. The van der Waals surface area contributed by atoms with Gasteiger partial charge in [0.05, 0.1) is 15.9 Å². The van der Waals surface area contributed by atoms with E-state index in [4.69, 9.17) is 10.2 Å². The monoisotopic (exact) mass is 283 g/mol. The summed E-state index contributed by atoms with van der Waals surface area (Å²) in [5, 5.41) is 0.500. The molecule has 1 aliphatic carbocycles. The zero-order valence-electron chi connectivity index (χ0n) is 8.54. The number of hydrogen-bond acceptors (Lipinski definition) is 2. The van der Waals surface area contributed by atoms with E-state index in [2.05, 4.69) is 15.9 Å². The van der Waals surface area contributed by atoms with Gasteiger partial charge in [-0.1, -0.05) is 0 Å². The van der Waals surface area contributed by atoms with Crippen LogP contribution >= 0.6 is 15.9 Å². The highest BCUT2D eigenvalue weighted by atomic mass is 79.9. The van der Waals surface area contributed by atoms with Gasteiger partial charge in [-0.15, -0.1) is 0 Å². The van der Waals surface area contributed by atoms with Crippen LogP contribution in [0.15, 0.2) is 27.1 Å². The lowest BCUT2D eigenvalue weighted by Gasteiger charge is -2.04. The van der Waals surface area contributed by atoms with Crippen molar-refractivity contribution in [3.63, 3.8) is 0 Å². The summed E-state index contributed by atoms with van der Waals surface area (Å²) >= 11 is 3.34. The second-order valence-electron chi connectivity index (χ2n) is 4.28. The molecular weight excluding hydrogens is 273 g/mol. The van der Waals surface area contributed by atoms with E-state index >= 15 is 0 Å². The molecule has 0 radical (unpaired) electrons. The number of rotatable bonds is 2. The molecule has 0 amide bonds. The fourth-order valence-corrected chi connectivity index (χ4v) is 2.36. The Morgan fingerprint density at radius 1 is 1.44 bits per heavy atom. The lowest BCUT2D eigenvalue weighted by Crippen LogP contribution is -2.10. The van der Waals surface area contributed by atoms with Gasteiger partial charge in [0.15, 0.2) is 5.58 Å². The highest BCUT2D eigenvalue weighted by Crippen LogP contribution is 2.41. The van der Waals surface area contributed by atoms with Gasteiger partial charge in [-0.25, -0.2) is 4.39 Å². The second kappa shape index (κ2) is 3.57. The maximum atomic E-state index is 13.5. The molecular formula is C12H11BrFNO. The third-order valence-electron chi connectivity index (χ3n) is 3.06. The number of hydrogen-bond donors (Lipinski definition) is 1. The number of furan rings is 1. The Bertz CT molecular complexity index is 508. The topological polar surface area (TPSA) is 39.2 Å². The summed E-state index contributed by atoms with van der Waals surface area (Å²) in [6, 6.07) is 4.69. The summed E-state index contributed by atoms with van der Waals surface area (Å²) in [5.41, 5.74) is 6.58.